The van der Waals surface area contributed by atoms with Crippen molar-refractivity contribution in [1.82, 2.24) is 0 Å². The Labute approximate surface area is 91.8 Å². The van der Waals surface area contributed by atoms with Crippen LogP contribution >= 0.6 is 0 Å². The molecule has 80 valence electrons. The lowest BCUT2D eigenvalue weighted by atomic mass is 9.80. The van der Waals surface area contributed by atoms with E-state index in [9.17, 15) is 0 Å². The molecule has 15 heavy (non-hydrogen) atoms. The molecular formula is C14H18O. The first-order valence-corrected chi connectivity index (χ1v) is 5.60. The molecule has 0 spiro atoms. The van der Waals surface area contributed by atoms with Crippen LogP contribution in [-0.2, 0) is 0 Å². The van der Waals surface area contributed by atoms with Gasteiger partial charge >= 0.3 is 0 Å². The van der Waals surface area contributed by atoms with Crippen LogP contribution in [0.1, 0.15) is 31.2 Å². The van der Waals surface area contributed by atoms with E-state index in [4.69, 9.17) is 4.74 Å². The van der Waals surface area contributed by atoms with Crippen molar-refractivity contribution in [3.8, 4) is 5.75 Å². The van der Waals surface area contributed by atoms with Crippen molar-refractivity contribution < 1.29 is 4.74 Å². The average Bonchev–Trinajstić information content (AvgIpc) is 2.30. The van der Waals surface area contributed by atoms with Gasteiger partial charge in [0.1, 0.15) is 5.75 Å². The van der Waals surface area contributed by atoms with E-state index in [0.717, 1.165) is 11.7 Å². The van der Waals surface area contributed by atoms with Crippen LogP contribution in [0, 0.1) is 5.92 Å². The van der Waals surface area contributed by atoms with Gasteiger partial charge in [-0.1, -0.05) is 31.2 Å². The van der Waals surface area contributed by atoms with Crippen molar-refractivity contribution in [1.29, 1.82) is 0 Å². The molecule has 1 aromatic rings. The number of benzene rings is 1. The molecule has 0 N–H and O–H groups in total. The lowest BCUT2D eigenvalue weighted by Crippen LogP contribution is -2.11. The molecule has 0 aliphatic heterocycles. The summed E-state index contributed by atoms with van der Waals surface area (Å²) in [5.41, 5.74) is 1.44. The third-order valence-corrected chi connectivity index (χ3v) is 3.30. The minimum atomic E-state index is 0.681. The van der Waals surface area contributed by atoms with Gasteiger partial charge in [0, 0.05) is 0 Å². The summed E-state index contributed by atoms with van der Waals surface area (Å²) in [6.45, 7) is 2.33. The first-order chi connectivity index (χ1) is 7.31. The molecule has 0 amide bonds. The maximum Gasteiger partial charge on any atom is 0.118 e. The minimum absolute atomic E-state index is 0.681. The predicted octanol–water partition coefficient (Wildman–Crippen LogP) is 3.76. The standard InChI is InChI=1S/C14H18O/c1-11-5-3-4-6-14(11)12-7-9-13(15-2)10-8-12/h3-4,7-11,14H,5-6H2,1-2H3/t11-,14-/m0/s1. The summed E-state index contributed by atoms with van der Waals surface area (Å²) >= 11 is 0. The fourth-order valence-corrected chi connectivity index (χ4v) is 2.27. The molecule has 0 saturated heterocycles. The number of allylic oxidation sites excluding steroid dienone is 2. The van der Waals surface area contributed by atoms with Gasteiger partial charge in [-0.2, -0.15) is 0 Å². The highest BCUT2D eigenvalue weighted by atomic mass is 16.5. The second kappa shape index (κ2) is 4.52. The molecule has 0 bridgehead atoms. The molecule has 0 saturated carbocycles. The molecule has 1 nitrogen and oxygen atoms in total. The van der Waals surface area contributed by atoms with E-state index in [-0.39, 0.29) is 0 Å². The molecule has 1 aliphatic carbocycles. The van der Waals surface area contributed by atoms with Crippen LogP contribution in [-0.4, -0.2) is 7.11 Å². The van der Waals surface area contributed by atoms with Gasteiger partial charge in [0.2, 0.25) is 0 Å². The number of hydrogen-bond acceptors (Lipinski definition) is 1. The van der Waals surface area contributed by atoms with Gasteiger partial charge in [0.05, 0.1) is 7.11 Å². The zero-order valence-corrected chi connectivity index (χ0v) is 9.44. The molecule has 0 unspecified atom stereocenters. The summed E-state index contributed by atoms with van der Waals surface area (Å²) in [7, 11) is 1.71. The van der Waals surface area contributed by atoms with Crippen molar-refractivity contribution in [3.05, 3.63) is 42.0 Å². The van der Waals surface area contributed by atoms with Crippen LogP contribution in [0.5, 0.6) is 5.75 Å². The van der Waals surface area contributed by atoms with Gasteiger partial charge in [0.15, 0.2) is 0 Å². The SMILES string of the molecule is COc1ccc([C@H]2CC=CC[C@@H]2C)cc1. The number of rotatable bonds is 2. The zero-order chi connectivity index (χ0) is 10.7. The highest BCUT2D eigenvalue weighted by Gasteiger charge is 2.19. The third-order valence-electron chi connectivity index (χ3n) is 3.30. The summed E-state index contributed by atoms with van der Waals surface area (Å²) in [5, 5.41) is 0. The van der Waals surface area contributed by atoms with Crippen molar-refractivity contribution >= 4 is 0 Å². The quantitative estimate of drug-likeness (QED) is 0.663. The molecule has 0 radical (unpaired) electrons. The van der Waals surface area contributed by atoms with Crippen LogP contribution in [0.2, 0.25) is 0 Å². The summed E-state index contributed by atoms with van der Waals surface area (Å²) in [5.74, 6) is 2.38. The minimum Gasteiger partial charge on any atom is -0.497 e. The Morgan fingerprint density at radius 3 is 2.33 bits per heavy atom. The lowest BCUT2D eigenvalue weighted by Gasteiger charge is -2.25. The number of methoxy groups -OCH3 is 1. The van der Waals surface area contributed by atoms with Gasteiger partial charge in [-0.05, 0) is 42.4 Å². The summed E-state index contributed by atoms with van der Waals surface area (Å²) in [6, 6.07) is 8.50. The summed E-state index contributed by atoms with van der Waals surface area (Å²) in [4.78, 5) is 0. The van der Waals surface area contributed by atoms with E-state index in [1.807, 2.05) is 0 Å². The highest BCUT2D eigenvalue weighted by Crippen LogP contribution is 2.34. The fourth-order valence-electron chi connectivity index (χ4n) is 2.27. The van der Waals surface area contributed by atoms with Gasteiger partial charge in [-0.15, -0.1) is 0 Å². The maximum absolute atomic E-state index is 5.17. The second-order valence-electron chi connectivity index (χ2n) is 4.30. The largest absolute Gasteiger partial charge is 0.497 e. The monoisotopic (exact) mass is 202 g/mol. The molecule has 2 atom stereocenters. The van der Waals surface area contributed by atoms with Crippen molar-refractivity contribution in [2.45, 2.75) is 25.7 Å². The Balaban J connectivity index is 2.18. The molecule has 1 heteroatoms. The topological polar surface area (TPSA) is 9.23 Å². The molecule has 1 aliphatic rings. The zero-order valence-electron chi connectivity index (χ0n) is 9.44. The van der Waals surface area contributed by atoms with Crippen molar-refractivity contribution in [2.75, 3.05) is 7.11 Å². The van der Waals surface area contributed by atoms with Gasteiger partial charge in [-0.25, -0.2) is 0 Å². The third kappa shape index (κ3) is 2.23. The van der Waals surface area contributed by atoms with Crippen LogP contribution in [0.15, 0.2) is 36.4 Å². The molecular weight excluding hydrogens is 184 g/mol. The van der Waals surface area contributed by atoms with E-state index in [0.29, 0.717) is 5.92 Å². The maximum atomic E-state index is 5.17. The van der Waals surface area contributed by atoms with E-state index in [1.54, 1.807) is 7.11 Å². The summed E-state index contributed by atoms with van der Waals surface area (Å²) < 4.78 is 5.17. The van der Waals surface area contributed by atoms with Crippen LogP contribution < -0.4 is 4.74 Å². The van der Waals surface area contributed by atoms with Crippen molar-refractivity contribution in [2.24, 2.45) is 5.92 Å². The van der Waals surface area contributed by atoms with Crippen LogP contribution in [0.4, 0.5) is 0 Å². The Morgan fingerprint density at radius 1 is 1.07 bits per heavy atom. The summed E-state index contributed by atoms with van der Waals surface area (Å²) in [6.07, 6.45) is 6.98. The average molecular weight is 202 g/mol. The first-order valence-electron chi connectivity index (χ1n) is 5.60. The predicted molar refractivity (Wildman–Crippen MR) is 63.3 cm³/mol. The Morgan fingerprint density at radius 2 is 1.73 bits per heavy atom. The molecule has 1 aromatic carbocycles. The normalized spacial score (nSPS) is 25.2. The highest BCUT2D eigenvalue weighted by molar-refractivity contribution is 5.30. The first kappa shape index (κ1) is 10.3. The molecule has 0 heterocycles. The molecule has 0 aromatic heterocycles. The Hall–Kier alpha value is -1.24. The molecule has 2 rings (SSSR count). The van der Waals surface area contributed by atoms with Gasteiger partial charge < -0.3 is 4.74 Å². The van der Waals surface area contributed by atoms with Crippen molar-refractivity contribution in [3.63, 3.8) is 0 Å². The lowest BCUT2D eigenvalue weighted by molar-refractivity contribution is 0.413. The van der Waals surface area contributed by atoms with Gasteiger partial charge in [0.25, 0.3) is 0 Å². The number of ether oxygens (including phenoxy) is 1. The molecule has 0 fully saturated rings. The fraction of sp³-hybridized carbons (Fsp3) is 0.429. The van der Waals surface area contributed by atoms with Crippen LogP contribution in [0.3, 0.4) is 0 Å². The van der Waals surface area contributed by atoms with Gasteiger partial charge in [-0.3, -0.25) is 0 Å². The van der Waals surface area contributed by atoms with E-state index >= 15 is 0 Å². The van der Waals surface area contributed by atoms with E-state index < -0.39 is 0 Å². The Bertz CT molecular complexity index is 337. The number of hydrogen-bond donors (Lipinski definition) is 0. The van der Waals surface area contributed by atoms with Crippen LogP contribution in [0.25, 0.3) is 0 Å². The smallest absolute Gasteiger partial charge is 0.118 e. The Kier molecular flexibility index (Phi) is 3.10. The van der Waals surface area contributed by atoms with E-state index in [2.05, 4.69) is 43.3 Å². The van der Waals surface area contributed by atoms with E-state index in [1.165, 1.54) is 18.4 Å². The second-order valence-corrected chi connectivity index (χ2v) is 4.30.